The SMILES string of the molecule is COC(=O)c1ccc2c(c1)C(=CCn1cnc3cc(C)ccc31)c1ccccc1CO2. The van der Waals surface area contributed by atoms with Crippen LogP contribution in [0.2, 0.25) is 0 Å². The summed E-state index contributed by atoms with van der Waals surface area (Å²) in [5.74, 6) is 0.386. The Morgan fingerprint density at radius 2 is 2.00 bits per heavy atom. The maximum Gasteiger partial charge on any atom is 0.337 e. The maximum absolute atomic E-state index is 12.2. The Bertz CT molecular complexity index is 1330. The molecule has 0 spiro atoms. The van der Waals surface area contributed by atoms with Crippen LogP contribution in [0.25, 0.3) is 16.6 Å². The molecule has 1 aliphatic heterocycles. The molecular formula is C26H22N2O3. The van der Waals surface area contributed by atoms with E-state index in [9.17, 15) is 4.79 Å². The van der Waals surface area contributed by atoms with Gasteiger partial charge in [-0.25, -0.2) is 9.78 Å². The molecule has 1 aliphatic rings. The number of imidazole rings is 1. The van der Waals surface area contributed by atoms with E-state index in [1.165, 1.54) is 12.7 Å². The summed E-state index contributed by atoms with van der Waals surface area (Å²) in [4.78, 5) is 16.7. The third kappa shape index (κ3) is 3.48. The quantitative estimate of drug-likeness (QED) is 0.438. The fraction of sp³-hybridized carbons (Fsp3) is 0.154. The zero-order chi connectivity index (χ0) is 21.4. The zero-order valence-electron chi connectivity index (χ0n) is 17.5. The number of nitrogens with zero attached hydrogens (tertiary/aromatic N) is 2. The Morgan fingerprint density at radius 3 is 2.87 bits per heavy atom. The standard InChI is InChI=1S/C26H22N2O3/c1-17-7-9-24-23(13-17)27-16-28(24)12-11-21-20-6-4-3-5-19(20)15-31-25-10-8-18(14-22(21)25)26(29)30-2/h3-11,13-14,16H,12,15H2,1-2H3. The molecule has 2 heterocycles. The molecule has 1 aromatic heterocycles. The molecule has 0 saturated carbocycles. The predicted octanol–water partition coefficient (Wildman–Crippen LogP) is 5.16. The van der Waals surface area contributed by atoms with E-state index in [0.717, 1.165) is 39.0 Å². The van der Waals surface area contributed by atoms with Crippen LogP contribution in [0, 0.1) is 6.92 Å². The highest BCUT2D eigenvalue weighted by Crippen LogP contribution is 2.37. The van der Waals surface area contributed by atoms with Gasteiger partial charge in [-0.2, -0.15) is 0 Å². The van der Waals surface area contributed by atoms with Crippen LogP contribution in [-0.2, 0) is 17.9 Å². The molecule has 0 atom stereocenters. The summed E-state index contributed by atoms with van der Waals surface area (Å²) in [7, 11) is 1.39. The number of ether oxygens (including phenoxy) is 2. The summed E-state index contributed by atoms with van der Waals surface area (Å²) in [6, 6.07) is 19.9. The van der Waals surface area contributed by atoms with Gasteiger partial charge < -0.3 is 14.0 Å². The van der Waals surface area contributed by atoms with Gasteiger partial charge in [0, 0.05) is 12.1 Å². The highest BCUT2D eigenvalue weighted by Gasteiger charge is 2.21. The Kier molecular flexibility index (Phi) is 4.79. The van der Waals surface area contributed by atoms with Gasteiger partial charge in [0.15, 0.2) is 0 Å². The number of allylic oxidation sites excluding steroid dienone is 1. The van der Waals surface area contributed by atoms with Crippen LogP contribution in [0.15, 0.2) is 73.1 Å². The minimum Gasteiger partial charge on any atom is -0.488 e. The lowest BCUT2D eigenvalue weighted by atomic mass is 9.93. The monoisotopic (exact) mass is 410 g/mol. The molecule has 0 bridgehead atoms. The van der Waals surface area contributed by atoms with Gasteiger partial charge in [0.25, 0.3) is 0 Å². The number of methoxy groups -OCH3 is 1. The Morgan fingerprint density at radius 1 is 1.13 bits per heavy atom. The highest BCUT2D eigenvalue weighted by molar-refractivity contribution is 5.93. The lowest BCUT2D eigenvalue weighted by molar-refractivity contribution is 0.0600. The molecule has 0 unspecified atom stereocenters. The molecule has 0 saturated heterocycles. The minimum absolute atomic E-state index is 0.365. The first-order valence-electron chi connectivity index (χ1n) is 10.2. The Hall–Kier alpha value is -3.86. The Labute approximate surface area is 180 Å². The number of aryl methyl sites for hydroxylation is 1. The van der Waals surface area contributed by atoms with Crippen LogP contribution in [-0.4, -0.2) is 22.6 Å². The van der Waals surface area contributed by atoms with Gasteiger partial charge in [-0.3, -0.25) is 0 Å². The van der Waals surface area contributed by atoms with Crippen molar-refractivity contribution in [1.82, 2.24) is 9.55 Å². The lowest BCUT2D eigenvalue weighted by Crippen LogP contribution is -2.03. The van der Waals surface area contributed by atoms with E-state index >= 15 is 0 Å². The molecule has 31 heavy (non-hydrogen) atoms. The van der Waals surface area contributed by atoms with Crippen LogP contribution in [0.1, 0.15) is 32.6 Å². The second-order valence-electron chi connectivity index (χ2n) is 7.66. The lowest BCUT2D eigenvalue weighted by Gasteiger charge is -2.12. The molecule has 5 heteroatoms. The summed E-state index contributed by atoms with van der Waals surface area (Å²) in [6.07, 6.45) is 4.04. The van der Waals surface area contributed by atoms with Gasteiger partial charge >= 0.3 is 5.97 Å². The fourth-order valence-electron chi connectivity index (χ4n) is 4.05. The van der Waals surface area contributed by atoms with Crippen LogP contribution in [0.5, 0.6) is 5.75 Å². The highest BCUT2D eigenvalue weighted by atomic mass is 16.5. The van der Waals surface area contributed by atoms with E-state index in [1.54, 1.807) is 6.07 Å². The van der Waals surface area contributed by atoms with E-state index in [0.29, 0.717) is 18.7 Å². The molecule has 5 rings (SSSR count). The van der Waals surface area contributed by atoms with Gasteiger partial charge in [-0.15, -0.1) is 0 Å². The maximum atomic E-state index is 12.2. The van der Waals surface area contributed by atoms with Gasteiger partial charge in [0.2, 0.25) is 0 Å². The minimum atomic E-state index is -0.365. The number of aromatic nitrogens is 2. The predicted molar refractivity (Wildman–Crippen MR) is 120 cm³/mol. The van der Waals surface area contributed by atoms with Crippen molar-refractivity contribution in [2.45, 2.75) is 20.1 Å². The molecule has 0 radical (unpaired) electrons. The fourth-order valence-corrected chi connectivity index (χ4v) is 4.05. The smallest absolute Gasteiger partial charge is 0.337 e. The van der Waals surface area contributed by atoms with Gasteiger partial charge in [0.1, 0.15) is 12.4 Å². The second kappa shape index (κ2) is 7.76. The number of hydrogen-bond donors (Lipinski definition) is 0. The molecule has 0 fully saturated rings. The average Bonchev–Trinajstić information content (AvgIpc) is 3.12. The van der Waals surface area contributed by atoms with Crippen molar-refractivity contribution in [3.63, 3.8) is 0 Å². The van der Waals surface area contributed by atoms with E-state index in [-0.39, 0.29) is 5.97 Å². The number of carbonyl (C=O) groups excluding carboxylic acids is 1. The van der Waals surface area contributed by atoms with E-state index in [2.05, 4.69) is 52.9 Å². The van der Waals surface area contributed by atoms with Gasteiger partial charge in [-0.05, 0) is 59.5 Å². The molecule has 0 N–H and O–H groups in total. The van der Waals surface area contributed by atoms with Crippen molar-refractivity contribution in [2.75, 3.05) is 7.11 Å². The van der Waals surface area contributed by atoms with Crippen molar-refractivity contribution in [3.05, 3.63) is 101 Å². The van der Waals surface area contributed by atoms with Crippen molar-refractivity contribution in [1.29, 1.82) is 0 Å². The van der Waals surface area contributed by atoms with Crippen molar-refractivity contribution in [2.24, 2.45) is 0 Å². The molecule has 154 valence electrons. The average molecular weight is 410 g/mol. The molecule has 3 aromatic carbocycles. The number of rotatable bonds is 3. The van der Waals surface area contributed by atoms with Crippen LogP contribution < -0.4 is 4.74 Å². The largest absolute Gasteiger partial charge is 0.488 e. The Balaban J connectivity index is 1.64. The van der Waals surface area contributed by atoms with Crippen molar-refractivity contribution < 1.29 is 14.3 Å². The molecule has 5 nitrogen and oxygen atoms in total. The van der Waals surface area contributed by atoms with E-state index in [1.807, 2.05) is 30.6 Å². The summed E-state index contributed by atoms with van der Waals surface area (Å²) in [5.41, 5.74) is 7.88. The summed E-state index contributed by atoms with van der Waals surface area (Å²) in [6.45, 7) is 3.19. The first kappa shape index (κ1) is 19.1. The first-order valence-corrected chi connectivity index (χ1v) is 10.2. The molecule has 0 aliphatic carbocycles. The van der Waals surface area contributed by atoms with Gasteiger partial charge in [0.05, 0.1) is 30.0 Å². The topological polar surface area (TPSA) is 53.4 Å². The second-order valence-corrected chi connectivity index (χ2v) is 7.66. The number of esters is 1. The molecular weight excluding hydrogens is 388 g/mol. The number of benzene rings is 3. The molecule has 0 amide bonds. The van der Waals surface area contributed by atoms with E-state index in [4.69, 9.17) is 9.47 Å². The number of fused-ring (bicyclic) bond motifs is 3. The van der Waals surface area contributed by atoms with Crippen molar-refractivity contribution >= 4 is 22.6 Å². The van der Waals surface area contributed by atoms with Crippen LogP contribution in [0.4, 0.5) is 0 Å². The van der Waals surface area contributed by atoms with Gasteiger partial charge in [-0.1, -0.05) is 36.4 Å². The van der Waals surface area contributed by atoms with Crippen LogP contribution >= 0.6 is 0 Å². The summed E-state index contributed by atoms with van der Waals surface area (Å²) >= 11 is 0. The van der Waals surface area contributed by atoms with Crippen LogP contribution in [0.3, 0.4) is 0 Å². The zero-order valence-corrected chi connectivity index (χ0v) is 17.5. The van der Waals surface area contributed by atoms with E-state index < -0.39 is 0 Å². The summed E-state index contributed by atoms with van der Waals surface area (Å²) in [5, 5.41) is 0. The normalized spacial score (nSPS) is 13.9. The first-order chi connectivity index (χ1) is 15.1. The summed E-state index contributed by atoms with van der Waals surface area (Å²) < 4.78 is 13.1. The number of carbonyl (C=O) groups is 1. The van der Waals surface area contributed by atoms with Crippen molar-refractivity contribution in [3.8, 4) is 5.75 Å². The third-order valence-electron chi connectivity index (χ3n) is 5.65. The molecule has 4 aromatic rings. The number of hydrogen-bond acceptors (Lipinski definition) is 4. The third-order valence-corrected chi connectivity index (χ3v) is 5.65.